The molecule has 2 aromatic rings. The van der Waals surface area contributed by atoms with Crippen molar-refractivity contribution in [2.24, 2.45) is 4.99 Å². The van der Waals surface area contributed by atoms with E-state index in [0.717, 1.165) is 62.3 Å². The molecule has 1 heterocycles. The van der Waals surface area contributed by atoms with Gasteiger partial charge in [0.2, 0.25) is 0 Å². The molecule has 8 heteroatoms. The molecule has 7 nitrogen and oxygen atoms in total. The first-order chi connectivity index (χ1) is 13.7. The van der Waals surface area contributed by atoms with Crippen molar-refractivity contribution in [2.45, 2.75) is 26.3 Å². The first-order valence-electron chi connectivity index (χ1n) is 9.77. The summed E-state index contributed by atoms with van der Waals surface area (Å²) in [6.45, 7) is 5.87. The Hall–Kier alpha value is -2.22. The molecule has 0 unspecified atom stereocenters. The molecule has 0 amide bonds. The quantitative estimate of drug-likeness (QED) is 0.333. The van der Waals surface area contributed by atoms with Crippen LogP contribution in [0, 0.1) is 0 Å². The zero-order chi connectivity index (χ0) is 20.0. The molecule has 0 aliphatic carbocycles. The molecule has 0 saturated carbocycles. The number of thioether (sulfide) groups is 1. The molecule has 0 atom stereocenters. The monoisotopic (exact) mass is 404 g/mol. The Balaban J connectivity index is 1.84. The number of guanidine groups is 1. The SMILES string of the molecule is CCc1nncn1CCNC(=NCCCSC)N(C)CCOc1ccccc1. The van der Waals surface area contributed by atoms with Crippen molar-refractivity contribution in [3.05, 3.63) is 42.5 Å². The zero-order valence-electron chi connectivity index (χ0n) is 17.2. The Morgan fingerprint density at radius 1 is 1.32 bits per heavy atom. The van der Waals surface area contributed by atoms with Crippen LogP contribution in [-0.2, 0) is 13.0 Å². The molecular formula is C20H32N6OS. The molecule has 0 spiro atoms. The number of ether oxygens (including phenoxy) is 1. The Bertz CT molecular complexity index is 691. The summed E-state index contributed by atoms with van der Waals surface area (Å²) >= 11 is 1.85. The minimum absolute atomic E-state index is 0.609. The summed E-state index contributed by atoms with van der Waals surface area (Å²) in [6, 6.07) is 9.89. The van der Waals surface area contributed by atoms with Gasteiger partial charge in [-0.05, 0) is 30.6 Å². The highest BCUT2D eigenvalue weighted by Crippen LogP contribution is 2.07. The van der Waals surface area contributed by atoms with Crippen LogP contribution in [0.2, 0.25) is 0 Å². The lowest BCUT2D eigenvalue weighted by molar-refractivity contribution is 0.281. The van der Waals surface area contributed by atoms with Gasteiger partial charge < -0.3 is 19.5 Å². The average molecular weight is 405 g/mol. The van der Waals surface area contributed by atoms with Gasteiger partial charge in [0.15, 0.2) is 5.96 Å². The van der Waals surface area contributed by atoms with Crippen molar-refractivity contribution < 1.29 is 4.74 Å². The predicted molar refractivity (Wildman–Crippen MR) is 117 cm³/mol. The molecule has 0 aliphatic rings. The summed E-state index contributed by atoms with van der Waals surface area (Å²) in [5.74, 6) is 3.92. The van der Waals surface area contributed by atoms with Crippen molar-refractivity contribution in [3.63, 3.8) is 0 Å². The molecule has 0 aliphatic heterocycles. The maximum Gasteiger partial charge on any atom is 0.193 e. The van der Waals surface area contributed by atoms with Crippen molar-refractivity contribution >= 4 is 17.7 Å². The number of benzene rings is 1. The van der Waals surface area contributed by atoms with Crippen molar-refractivity contribution in [2.75, 3.05) is 45.3 Å². The van der Waals surface area contributed by atoms with Crippen LogP contribution < -0.4 is 10.1 Å². The predicted octanol–water partition coefficient (Wildman–Crippen LogP) is 2.55. The fourth-order valence-electron chi connectivity index (χ4n) is 2.66. The van der Waals surface area contributed by atoms with Crippen LogP contribution in [0.15, 0.2) is 41.7 Å². The lowest BCUT2D eigenvalue weighted by atomic mass is 10.3. The molecule has 154 valence electrons. The Labute approximate surface area is 172 Å². The summed E-state index contributed by atoms with van der Waals surface area (Å²) in [6.07, 6.45) is 5.87. The van der Waals surface area contributed by atoms with Crippen LogP contribution in [0.1, 0.15) is 19.2 Å². The Kier molecular flexibility index (Phi) is 10.3. The number of likely N-dealkylation sites (N-methyl/N-ethyl adjacent to an activating group) is 1. The molecule has 0 fully saturated rings. The highest BCUT2D eigenvalue weighted by Gasteiger charge is 2.08. The van der Waals surface area contributed by atoms with Gasteiger partial charge in [-0.1, -0.05) is 25.1 Å². The second kappa shape index (κ2) is 13.0. The van der Waals surface area contributed by atoms with Gasteiger partial charge >= 0.3 is 0 Å². The van der Waals surface area contributed by atoms with E-state index in [4.69, 9.17) is 9.73 Å². The van der Waals surface area contributed by atoms with E-state index in [1.54, 1.807) is 6.33 Å². The molecule has 0 radical (unpaired) electrons. The topological polar surface area (TPSA) is 67.6 Å². The van der Waals surface area contributed by atoms with E-state index < -0.39 is 0 Å². The van der Waals surface area contributed by atoms with Gasteiger partial charge in [-0.25, -0.2) is 0 Å². The first kappa shape index (κ1) is 22.1. The van der Waals surface area contributed by atoms with Gasteiger partial charge in [-0.3, -0.25) is 4.99 Å². The van der Waals surface area contributed by atoms with Crippen molar-refractivity contribution in [1.29, 1.82) is 0 Å². The van der Waals surface area contributed by atoms with Gasteiger partial charge in [0.25, 0.3) is 0 Å². The molecule has 0 saturated heterocycles. The van der Waals surface area contributed by atoms with Crippen LogP contribution in [-0.4, -0.2) is 70.9 Å². The maximum absolute atomic E-state index is 5.82. The smallest absolute Gasteiger partial charge is 0.193 e. The van der Waals surface area contributed by atoms with E-state index in [1.807, 2.05) is 49.1 Å². The summed E-state index contributed by atoms with van der Waals surface area (Å²) in [5, 5.41) is 11.6. The fraction of sp³-hybridized carbons (Fsp3) is 0.550. The van der Waals surface area contributed by atoms with Crippen molar-refractivity contribution in [1.82, 2.24) is 25.0 Å². The number of aromatic nitrogens is 3. The normalized spacial score (nSPS) is 11.5. The average Bonchev–Trinajstić information content (AvgIpc) is 3.18. The lowest BCUT2D eigenvalue weighted by Crippen LogP contribution is -2.42. The van der Waals surface area contributed by atoms with E-state index in [2.05, 4.69) is 38.2 Å². The van der Waals surface area contributed by atoms with Crippen LogP contribution in [0.3, 0.4) is 0 Å². The number of nitrogens with zero attached hydrogens (tertiary/aromatic N) is 5. The molecule has 1 aromatic carbocycles. The van der Waals surface area contributed by atoms with Crippen molar-refractivity contribution in [3.8, 4) is 5.75 Å². The second-order valence-electron chi connectivity index (χ2n) is 6.36. The third kappa shape index (κ3) is 7.80. The molecule has 28 heavy (non-hydrogen) atoms. The minimum Gasteiger partial charge on any atom is -0.492 e. The third-order valence-electron chi connectivity index (χ3n) is 4.22. The highest BCUT2D eigenvalue weighted by atomic mass is 32.2. The number of hydrogen-bond acceptors (Lipinski definition) is 5. The summed E-state index contributed by atoms with van der Waals surface area (Å²) in [4.78, 5) is 6.89. The first-order valence-corrected chi connectivity index (χ1v) is 11.2. The van der Waals surface area contributed by atoms with Crippen LogP contribution >= 0.6 is 11.8 Å². The molecule has 2 rings (SSSR count). The molecule has 0 bridgehead atoms. The largest absolute Gasteiger partial charge is 0.492 e. The fourth-order valence-corrected chi connectivity index (χ4v) is 3.07. The zero-order valence-corrected chi connectivity index (χ0v) is 18.0. The van der Waals surface area contributed by atoms with Gasteiger partial charge in [0.05, 0.1) is 6.54 Å². The van der Waals surface area contributed by atoms with Crippen LogP contribution in [0.4, 0.5) is 0 Å². The molecule has 1 N–H and O–H groups in total. The summed E-state index contributed by atoms with van der Waals surface area (Å²) in [5.41, 5.74) is 0. The van der Waals surface area contributed by atoms with Gasteiger partial charge in [0.1, 0.15) is 24.5 Å². The van der Waals surface area contributed by atoms with Gasteiger partial charge in [-0.15, -0.1) is 10.2 Å². The van der Waals surface area contributed by atoms with E-state index in [0.29, 0.717) is 6.61 Å². The number of rotatable bonds is 12. The van der Waals surface area contributed by atoms with Gasteiger partial charge in [0, 0.05) is 33.1 Å². The summed E-state index contributed by atoms with van der Waals surface area (Å²) in [7, 11) is 2.05. The van der Waals surface area contributed by atoms with Gasteiger partial charge in [-0.2, -0.15) is 11.8 Å². The number of aryl methyl sites for hydroxylation is 1. The summed E-state index contributed by atoms with van der Waals surface area (Å²) < 4.78 is 7.90. The standard InChI is InChI=1S/C20H32N6OS/c1-4-19-24-23-17-26(19)13-12-22-20(21-11-8-16-28-3)25(2)14-15-27-18-9-6-5-7-10-18/h5-7,9-10,17H,4,8,11-16H2,1-3H3,(H,21,22). The maximum atomic E-state index is 5.82. The lowest BCUT2D eigenvalue weighted by Gasteiger charge is -2.23. The van der Waals surface area contributed by atoms with E-state index in [-0.39, 0.29) is 0 Å². The van der Waals surface area contributed by atoms with E-state index >= 15 is 0 Å². The highest BCUT2D eigenvalue weighted by molar-refractivity contribution is 7.98. The number of para-hydroxylation sites is 1. The molecule has 1 aromatic heterocycles. The molecular weight excluding hydrogens is 372 g/mol. The Morgan fingerprint density at radius 2 is 2.14 bits per heavy atom. The minimum atomic E-state index is 0.609. The number of hydrogen-bond donors (Lipinski definition) is 1. The number of nitrogens with one attached hydrogen (secondary N) is 1. The van der Waals surface area contributed by atoms with E-state index in [1.165, 1.54) is 0 Å². The van der Waals surface area contributed by atoms with Crippen LogP contribution in [0.25, 0.3) is 0 Å². The van der Waals surface area contributed by atoms with Crippen LogP contribution in [0.5, 0.6) is 5.75 Å². The Morgan fingerprint density at radius 3 is 2.89 bits per heavy atom. The number of aliphatic imine (C=N–C) groups is 1. The third-order valence-corrected chi connectivity index (χ3v) is 4.91. The second-order valence-corrected chi connectivity index (χ2v) is 7.34. The van der Waals surface area contributed by atoms with E-state index in [9.17, 15) is 0 Å².